The maximum atomic E-state index is 11.5. The van der Waals surface area contributed by atoms with Crippen LogP contribution in [-0.2, 0) is 23.9 Å². The lowest BCUT2D eigenvalue weighted by Gasteiger charge is -2.15. The summed E-state index contributed by atoms with van der Waals surface area (Å²) in [6.07, 6.45) is 0.653. The highest BCUT2D eigenvalue weighted by atomic mass is 16.6. The molecule has 0 spiro atoms. The number of esters is 2. The van der Waals surface area contributed by atoms with Crippen LogP contribution in [0, 0.1) is 11.3 Å². The summed E-state index contributed by atoms with van der Waals surface area (Å²) < 4.78 is 9.38. The summed E-state index contributed by atoms with van der Waals surface area (Å²) in [6, 6.07) is 0.450. The third-order valence-corrected chi connectivity index (χ3v) is 2.04. The smallest absolute Gasteiger partial charge is 0.340 e. The predicted molar refractivity (Wildman–Crippen MR) is 64.7 cm³/mol. The zero-order valence-electron chi connectivity index (χ0n) is 11.1. The van der Waals surface area contributed by atoms with Crippen LogP contribution in [0.4, 0.5) is 0 Å². The minimum atomic E-state index is -1.45. The van der Waals surface area contributed by atoms with Gasteiger partial charge in [0.2, 0.25) is 11.9 Å². The second-order valence-corrected chi connectivity index (χ2v) is 3.52. The van der Waals surface area contributed by atoms with Gasteiger partial charge in [-0.05, 0) is 20.3 Å². The predicted octanol–water partition coefficient (Wildman–Crippen LogP) is 0.291. The number of rotatable bonds is 8. The van der Waals surface area contributed by atoms with E-state index in [-0.39, 0.29) is 26.1 Å². The highest BCUT2D eigenvalue weighted by Gasteiger charge is 2.30. The number of unbranched alkanes of at least 4 members (excludes halogenated alkanes) is 1. The van der Waals surface area contributed by atoms with E-state index in [0.29, 0.717) is 6.42 Å². The fraction of sp³-hybridized carbons (Fsp3) is 0.667. The van der Waals surface area contributed by atoms with E-state index in [1.165, 1.54) is 0 Å². The molecule has 0 saturated heterocycles. The van der Waals surface area contributed by atoms with Crippen LogP contribution in [0.15, 0.2) is 0 Å². The molecule has 19 heavy (non-hydrogen) atoms. The summed E-state index contributed by atoms with van der Waals surface area (Å²) in [5.41, 5.74) is 0. The van der Waals surface area contributed by atoms with Crippen molar-refractivity contribution >= 4 is 17.8 Å². The molecule has 0 saturated carbocycles. The molecular weight excluding hydrogens is 252 g/mol. The summed E-state index contributed by atoms with van der Waals surface area (Å²) in [5, 5.41) is 10.6. The van der Waals surface area contributed by atoms with Gasteiger partial charge in [-0.2, -0.15) is 5.26 Å². The molecule has 0 aliphatic carbocycles. The van der Waals surface area contributed by atoms with Crippen LogP contribution in [0.1, 0.15) is 33.1 Å². The van der Waals surface area contributed by atoms with Crippen LogP contribution < -0.4 is 5.32 Å². The quantitative estimate of drug-likeness (QED) is 0.386. The van der Waals surface area contributed by atoms with E-state index in [1.807, 2.05) is 6.07 Å². The standard InChI is InChI=1S/C12H18N2O5/c1-3-18-11(16)10(12(17)19-4-2)14-9(15)7-5-6-8-13/h10H,3-7H2,1-2H3,(H,14,15). The number of hydrogen-bond donors (Lipinski definition) is 1. The molecule has 7 nitrogen and oxygen atoms in total. The van der Waals surface area contributed by atoms with E-state index in [1.54, 1.807) is 13.8 Å². The Morgan fingerprint density at radius 1 is 1.16 bits per heavy atom. The Labute approximate surface area is 111 Å². The van der Waals surface area contributed by atoms with Gasteiger partial charge >= 0.3 is 11.9 Å². The Balaban J connectivity index is 4.49. The fourth-order valence-electron chi connectivity index (χ4n) is 1.23. The minimum absolute atomic E-state index is 0.0584. The molecular formula is C12H18N2O5. The maximum Gasteiger partial charge on any atom is 0.340 e. The number of carbonyl (C=O) groups is 3. The molecule has 1 N–H and O–H groups in total. The van der Waals surface area contributed by atoms with E-state index < -0.39 is 23.9 Å². The van der Waals surface area contributed by atoms with Crippen LogP contribution in [0.5, 0.6) is 0 Å². The third kappa shape index (κ3) is 7.03. The Kier molecular flexibility index (Phi) is 8.79. The Bertz CT molecular complexity index is 344. The molecule has 0 heterocycles. The average Bonchev–Trinajstić information content (AvgIpc) is 2.36. The van der Waals surface area contributed by atoms with Crippen molar-refractivity contribution in [3.05, 3.63) is 0 Å². The second-order valence-electron chi connectivity index (χ2n) is 3.52. The molecule has 0 aliphatic heterocycles. The third-order valence-electron chi connectivity index (χ3n) is 2.04. The van der Waals surface area contributed by atoms with Gasteiger partial charge in [-0.25, -0.2) is 9.59 Å². The first kappa shape index (κ1) is 16.9. The zero-order valence-corrected chi connectivity index (χ0v) is 11.1. The van der Waals surface area contributed by atoms with E-state index in [2.05, 4.69) is 5.32 Å². The fourth-order valence-corrected chi connectivity index (χ4v) is 1.23. The largest absolute Gasteiger partial charge is 0.464 e. The molecule has 0 bridgehead atoms. The Morgan fingerprint density at radius 3 is 2.11 bits per heavy atom. The minimum Gasteiger partial charge on any atom is -0.464 e. The van der Waals surface area contributed by atoms with Crippen LogP contribution >= 0.6 is 0 Å². The van der Waals surface area contributed by atoms with E-state index in [4.69, 9.17) is 14.7 Å². The number of amides is 1. The average molecular weight is 270 g/mol. The molecule has 0 atom stereocenters. The van der Waals surface area contributed by atoms with Gasteiger partial charge in [-0.1, -0.05) is 0 Å². The summed E-state index contributed by atoms with van der Waals surface area (Å²) in [7, 11) is 0. The van der Waals surface area contributed by atoms with Gasteiger partial charge in [0.05, 0.1) is 19.3 Å². The summed E-state index contributed by atoms with van der Waals surface area (Å²) in [4.78, 5) is 34.6. The van der Waals surface area contributed by atoms with Crippen molar-refractivity contribution in [2.45, 2.75) is 39.2 Å². The van der Waals surface area contributed by atoms with Crippen molar-refractivity contribution in [3.8, 4) is 6.07 Å². The Morgan fingerprint density at radius 2 is 1.68 bits per heavy atom. The highest BCUT2D eigenvalue weighted by Crippen LogP contribution is 1.98. The first-order valence-corrected chi connectivity index (χ1v) is 6.06. The monoisotopic (exact) mass is 270 g/mol. The lowest BCUT2D eigenvalue weighted by molar-refractivity contribution is -0.159. The van der Waals surface area contributed by atoms with Crippen LogP contribution in [-0.4, -0.2) is 37.1 Å². The molecule has 1 amide bonds. The molecule has 0 aromatic heterocycles. The van der Waals surface area contributed by atoms with Gasteiger partial charge in [-0.3, -0.25) is 4.79 Å². The molecule has 0 radical (unpaired) electrons. The molecule has 0 aromatic rings. The summed E-state index contributed by atoms with van der Waals surface area (Å²) >= 11 is 0. The molecule has 0 aliphatic rings. The van der Waals surface area contributed by atoms with Gasteiger partial charge in [-0.15, -0.1) is 0 Å². The van der Waals surface area contributed by atoms with Crippen molar-refractivity contribution < 1.29 is 23.9 Å². The molecule has 0 unspecified atom stereocenters. The van der Waals surface area contributed by atoms with E-state index in [9.17, 15) is 14.4 Å². The van der Waals surface area contributed by atoms with Crippen molar-refractivity contribution in [1.29, 1.82) is 5.26 Å². The van der Waals surface area contributed by atoms with Crippen LogP contribution in [0.2, 0.25) is 0 Å². The summed E-state index contributed by atoms with van der Waals surface area (Å²) in [5.74, 6) is -2.20. The molecule has 7 heteroatoms. The topological polar surface area (TPSA) is 105 Å². The van der Waals surface area contributed by atoms with Crippen LogP contribution in [0.3, 0.4) is 0 Å². The van der Waals surface area contributed by atoms with Crippen molar-refractivity contribution in [1.82, 2.24) is 5.32 Å². The SMILES string of the molecule is CCOC(=O)C(NC(=O)CCCC#N)C(=O)OCC. The van der Waals surface area contributed by atoms with Gasteiger partial charge in [0, 0.05) is 12.8 Å². The number of nitriles is 1. The molecule has 0 rings (SSSR count). The lowest BCUT2D eigenvalue weighted by atomic mass is 10.2. The van der Waals surface area contributed by atoms with Crippen molar-refractivity contribution in [2.24, 2.45) is 0 Å². The maximum absolute atomic E-state index is 11.5. The number of nitrogens with one attached hydrogen (secondary N) is 1. The molecule has 0 aromatic carbocycles. The molecule has 106 valence electrons. The van der Waals surface area contributed by atoms with E-state index >= 15 is 0 Å². The Hall–Kier alpha value is -2.10. The summed E-state index contributed by atoms with van der Waals surface area (Å²) in [6.45, 7) is 3.38. The van der Waals surface area contributed by atoms with Gasteiger partial charge in [0.1, 0.15) is 0 Å². The van der Waals surface area contributed by atoms with Gasteiger partial charge in [0.15, 0.2) is 0 Å². The second kappa shape index (κ2) is 9.88. The lowest BCUT2D eigenvalue weighted by Crippen LogP contribution is -2.48. The van der Waals surface area contributed by atoms with Crippen molar-refractivity contribution in [2.75, 3.05) is 13.2 Å². The van der Waals surface area contributed by atoms with Gasteiger partial charge < -0.3 is 14.8 Å². The number of ether oxygens (including phenoxy) is 2. The molecule has 0 fully saturated rings. The van der Waals surface area contributed by atoms with Crippen LogP contribution in [0.25, 0.3) is 0 Å². The zero-order chi connectivity index (χ0) is 14.7. The number of nitrogens with zero attached hydrogens (tertiary/aromatic N) is 1. The van der Waals surface area contributed by atoms with E-state index in [0.717, 1.165) is 0 Å². The first-order chi connectivity index (χ1) is 9.06. The number of carbonyl (C=O) groups excluding carboxylic acids is 3. The first-order valence-electron chi connectivity index (χ1n) is 6.06. The van der Waals surface area contributed by atoms with Crippen molar-refractivity contribution in [3.63, 3.8) is 0 Å². The normalized spacial score (nSPS) is 9.58. The highest BCUT2D eigenvalue weighted by molar-refractivity contribution is 6.02. The number of hydrogen-bond acceptors (Lipinski definition) is 6. The van der Waals surface area contributed by atoms with Gasteiger partial charge in [0.25, 0.3) is 0 Å².